The Morgan fingerprint density at radius 3 is 1.17 bits per heavy atom. The van der Waals surface area contributed by atoms with Crippen molar-refractivity contribution in [3.63, 3.8) is 0 Å². The fraction of sp³-hybridized carbons (Fsp3) is 0.0164. The normalized spacial score (nSPS) is 12.6. The second-order valence-electron chi connectivity index (χ2n) is 16.5. The molecule has 0 aliphatic heterocycles. The average Bonchev–Trinajstić information content (AvgIpc) is 3.86. The first-order valence-electron chi connectivity index (χ1n) is 21.8. The van der Waals surface area contributed by atoms with E-state index in [2.05, 4.69) is 264 Å². The first-order chi connectivity index (χ1) is 31.3. The third kappa shape index (κ3) is 5.95. The molecule has 63 heavy (non-hydrogen) atoms. The van der Waals surface area contributed by atoms with E-state index in [9.17, 15) is 0 Å². The van der Waals surface area contributed by atoms with Crippen LogP contribution in [0.15, 0.2) is 255 Å². The van der Waals surface area contributed by atoms with Crippen LogP contribution in [0.4, 0.5) is 17.1 Å². The van der Waals surface area contributed by atoms with Gasteiger partial charge in [-0.3, -0.25) is 0 Å². The van der Waals surface area contributed by atoms with Crippen LogP contribution in [0.3, 0.4) is 0 Å². The Kier molecular flexibility index (Phi) is 8.76. The Labute approximate surface area is 368 Å². The molecule has 1 aliphatic rings. The summed E-state index contributed by atoms with van der Waals surface area (Å²) < 4.78 is 2.38. The Balaban J connectivity index is 0.976. The molecule has 0 N–H and O–H groups in total. The van der Waals surface area contributed by atoms with Gasteiger partial charge in [0.2, 0.25) is 0 Å². The SMILES string of the molecule is c1ccc(-c2ccc(-c3ccc(N(c4ccc(-n5c6ccccc6c6ccccc65)cc4)c4ccc(C5(c6ccccc6)c6ccccc6-c6ccccc65)cc4)cc3)cc2)cc1. The third-order valence-corrected chi connectivity index (χ3v) is 13.1. The number of fused-ring (bicyclic) bond motifs is 6. The predicted molar refractivity (Wildman–Crippen MR) is 264 cm³/mol. The highest BCUT2D eigenvalue weighted by atomic mass is 15.1. The molecule has 0 radical (unpaired) electrons. The van der Waals surface area contributed by atoms with Gasteiger partial charge in [0.05, 0.1) is 16.4 Å². The van der Waals surface area contributed by atoms with Crippen LogP contribution in [-0.2, 0) is 5.41 Å². The van der Waals surface area contributed by atoms with Crippen molar-refractivity contribution in [1.29, 1.82) is 0 Å². The minimum atomic E-state index is -0.459. The van der Waals surface area contributed by atoms with Crippen LogP contribution < -0.4 is 4.90 Å². The summed E-state index contributed by atoms with van der Waals surface area (Å²) in [4.78, 5) is 2.38. The number of hydrogen-bond acceptors (Lipinski definition) is 1. The van der Waals surface area contributed by atoms with Gasteiger partial charge in [0.15, 0.2) is 0 Å². The largest absolute Gasteiger partial charge is 0.311 e. The van der Waals surface area contributed by atoms with E-state index in [1.165, 1.54) is 77.4 Å². The molecular weight excluding hydrogens is 761 g/mol. The molecular formula is C61H42N2. The summed E-state index contributed by atoms with van der Waals surface area (Å²) in [5.41, 5.74) is 18.9. The lowest BCUT2D eigenvalue weighted by atomic mass is 9.68. The smallest absolute Gasteiger partial charge is 0.0713 e. The molecule has 0 fully saturated rings. The molecule has 2 nitrogen and oxygen atoms in total. The van der Waals surface area contributed by atoms with Crippen LogP contribution in [0.2, 0.25) is 0 Å². The van der Waals surface area contributed by atoms with Crippen molar-refractivity contribution >= 4 is 38.9 Å². The van der Waals surface area contributed by atoms with Crippen molar-refractivity contribution in [3.8, 4) is 39.1 Å². The summed E-state index contributed by atoms with van der Waals surface area (Å²) in [6.07, 6.45) is 0. The molecule has 0 atom stereocenters. The van der Waals surface area contributed by atoms with Crippen molar-refractivity contribution in [2.45, 2.75) is 5.41 Å². The Hall–Kier alpha value is -8.20. The summed E-state index contributed by atoms with van der Waals surface area (Å²) in [7, 11) is 0. The van der Waals surface area contributed by atoms with Gasteiger partial charge < -0.3 is 9.47 Å². The van der Waals surface area contributed by atoms with Crippen molar-refractivity contribution in [2.24, 2.45) is 0 Å². The fourth-order valence-corrected chi connectivity index (χ4v) is 10.3. The van der Waals surface area contributed by atoms with Crippen LogP contribution in [0, 0.1) is 0 Å². The standard InChI is InChI=1S/C61H42N2/c1-3-15-43(16-4-1)44-27-29-45(30-28-44)46-31-35-49(36-32-46)62(51-39-41-52(42-40-51)63-59-25-13-9-21-55(59)56-22-10-14-26-60(56)63)50-37-33-48(34-38-50)61(47-17-5-2-6-18-47)57-23-11-7-19-53(57)54-20-8-12-24-58(54)61/h1-42H. The average molecular weight is 803 g/mol. The van der Waals surface area contributed by atoms with E-state index in [4.69, 9.17) is 0 Å². The quantitative estimate of drug-likeness (QED) is 0.149. The third-order valence-electron chi connectivity index (χ3n) is 13.1. The molecule has 12 rings (SSSR count). The van der Waals surface area contributed by atoms with Crippen LogP contribution in [0.5, 0.6) is 0 Å². The van der Waals surface area contributed by atoms with Crippen LogP contribution in [0.1, 0.15) is 22.3 Å². The van der Waals surface area contributed by atoms with Crippen LogP contribution >= 0.6 is 0 Å². The van der Waals surface area contributed by atoms with Crippen LogP contribution in [-0.4, -0.2) is 4.57 Å². The number of benzene rings is 10. The zero-order chi connectivity index (χ0) is 41.7. The van der Waals surface area contributed by atoms with Gasteiger partial charge in [0, 0.05) is 33.5 Å². The minimum Gasteiger partial charge on any atom is -0.311 e. The Bertz CT molecular complexity index is 3300. The minimum absolute atomic E-state index is 0.459. The fourth-order valence-electron chi connectivity index (χ4n) is 10.3. The maximum absolute atomic E-state index is 2.38. The lowest BCUT2D eigenvalue weighted by Crippen LogP contribution is -2.28. The number of rotatable bonds is 8. The molecule has 0 bridgehead atoms. The van der Waals surface area contributed by atoms with Crippen molar-refractivity contribution in [3.05, 3.63) is 277 Å². The van der Waals surface area contributed by atoms with Gasteiger partial charge in [0.1, 0.15) is 0 Å². The second-order valence-corrected chi connectivity index (χ2v) is 16.5. The maximum Gasteiger partial charge on any atom is 0.0713 e. The second kappa shape index (κ2) is 15.1. The lowest BCUT2D eigenvalue weighted by Gasteiger charge is -2.34. The summed E-state index contributed by atoms with van der Waals surface area (Å²) in [6, 6.07) is 93.1. The van der Waals surface area contributed by atoms with Gasteiger partial charge in [-0.25, -0.2) is 0 Å². The molecule has 1 aromatic heterocycles. The Morgan fingerprint density at radius 2 is 0.651 bits per heavy atom. The Morgan fingerprint density at radius 1 is 0.286 bits per heavy atom. The zero-order valence-corrected chi connectivity index (χ0v) is 34.6. The predicted octanol–water partition coefficient (Wildman–Crippen LogP) is 16.0. The molecule has 0 unspecified atom stereocenters. The van der Waals surface area contributed by atoms with Gasteiger partial charge >= 0.3 is 0 Å². The van der Waals surface area contributed by atoms with E-state index >= 15 is 0 Å². The first kappa shape index (κ1) is 36.6. The molecule has 2 heteroatoms. The van der Waals surface area contributed by atoms with Gasteiger partial charge in [-0.1, -0.05) is 194 Å². The highest BCUT2D eigenvalue weighted by Crippen LogP contribution is 2.56. The molecule has 11 aromatic rings. The summed E-state index contributed by atoms with van der Waals surface area (Å²) in [5.74, 6) is 0. The van der Waals surface area contributed by atoms with Crippen molar-refractivity contribution in [1.82, 2.24) is 4.57 Å². The summed E-state index contributed by atoms with van der Waals surface area (Å²) >= 11 is 0. The van der Waals surface area contributed by atoms with E-state index in [1.807, 2.05) is 0 Å². The van der Waals surface area contributed by atoms with Crippen molar-refractivity contribution < 1.29 is 0 Å². The highest BCUT2D eigenvalue weighted by molar-refractivity contribution is 6.09. The van der Waals surface area contributed by atoms with E-state index < -0.39 is 5.41 Å². The first-order valence-corrected chi connectivity index (χ1v) is 21.8. The molecule has 0 amide bonds. The number of aromatic nitrogens is 1. The van der Waals surface area contributed by atoms with Gasteiger partial charge in [-0.05, 0) is 116 Å². The highest BCUT2D eigenvalue weighted by Gasteiger charge is 2.45. The number of para-hydroxylation sites is 2. The van der Waals surface area contributed by atoms with Crippen LogP contribution in [0.25, 0.3) is 60.9 Å². The van der Waals surface area contributed by atoms with Crippen molar-refractivity contribution in [2.75, 3.05) is 4.90 Å². The number of nitrogens with zero attached hydrogens (tertiary/aromatic N) is 2. The molecule has 0 saturated heterocycles. The van der Waals surface area contributed by atoms with Gasteiger partial charge in [-0.2, -0.15) is 0 Å². The summed E-state index contributed by atoms with van der Waals surface area (Å²) in [6.45, 7) is 0. The molecule has 1 heterocycles. The topological polar surface area (TPSA) is 8.17 Å². The monoisotopic (exact) mass is 802 g/mol. The summed E-state index contributed by atoms with van der Waals surface area (Å²) in [5, 5.41) is 2.52. The van der Waals surface area contributed by atoms with E-state index in [0.29, 0.717) is 0 Å². The number of anilines is 3. The number of hydrogen-bond donors (Lipinski definition) is 0. The van der Waals surface area contributed by atoms with E-state index in [1.54, 1.807) is 0 Å². The van der Waals surface area contributed by atoms with Gasteiger partial charge in [0.25, 0.3) is 0 Å². The molecule has 0 saturated carbocycles. The zero-order valence-electron chi connectivity index (χ0n) is 34.6. The molecule has 0 spiro atoms. The molecule has 296 valence electrons. The van der Waals surface area contributed by atoms with Gasteiger partial charge in [-0.15, -0.1) is 0 Å². The van der Waals surface area contributed by atoms with E-state index in [0.717, 1.165) is 22.7 Å². The lowest BCUT2D eigenvalue weighted by molar-refractivity contribution is 0.768. The van der Waals surface area contributed by atoms with E-state index in [-0.39, 0.29) is 0 Å². The maximum atomic E-state index is 2.38. The molecule has 1 aliphatic carbocycles. The molecule has 10 aromatic carbocycles.